The average molecular weight is 263 g/mol. The quantitative estimate of drug-likeness (QED) is 0.721. The summed E-state index contributed by atoms with van der Waals surface area (Å²) in [6.07, 6.45) is 3.84. The van der Waals surface area contributed by atoms with Gasteiger partial charge >= 0.3 is 0 Å². The molecule has 1 N–H and O–H groups in total. The second kappa shape index (κ2) is 9.11. The van der Waals surface area contributed by atoms with Gasteiger partial charge in [0.05, 0.1) is 6.10 Å². The summed E-state index contributed by atoms with van der Waals surface area (Å²) in [5.74, 6) is 0.731. The van der Waals surface area contributed by atoms with Crippen LogP contribution in [0.4, 0.5) is 0 Å². The average Bonchev–Trinajstić information content (AvgIpc) is 2.44. The Morgan fingerprint density at radius 1 is 1.16 bits per heavy atom. The van der Waals surface area contributed by atoms with Crippen LogP contribution in [0.15, 0.2) is 30.3 Å². The molecular formula is C17H29NO. The van der Waals surface area contributed by atoms with Crippen LogP contribution < -0.4 is 5.32 Å². The van der Waals surface area contributed by atoms with E-state index in [0.29, 0.717) is 6.04 Å². The van der Waals surface area contributed by atoms with E-state index >= 15 is 0 Å². The molecule has 2 heteroatoms. The Kier molecular flexibility index (Phi) is 7.76. The van der Waals surface area contributed by atoms with Crippen LogP contribution in [0.1, 0.15) is 51.7 Å². The molecule has 0 bridgehead atoms. The van der Waals surface area contributed by atoms with Gasteiger partial charge in [0.2, 0.25) is 0 Å². The summed E-state index contributed by atoms with van der Waals surface area (Å²) in [4.78, 5) is 0. The minimum Gasteiger partial charge on any atom is -0.372 e. The van der Waals surface area contributed by atoms with E-state index < -0.39 is 0 Å². The van der Waals surface area contributed by atoms with Gasteiger partial charge in [-0.05, 0) is 31.9 Å². The van der Waals surface area contributed by atoms with Gasteiger partial charge in [-0.15, -0.1) is 0 Å². The van der Waals surface area contributed by atoms with E-state index in [2.05, 4.69) is 56.4 Å². The molecule has 0 aliphatic carbocycles. The van der Waals surface area contributed by atoms with Crippen molar-refractivity contribution in [3.63, 3.8) is 0 Å². The molecule has 0 spiro atoms. The highest BCUT2D eigenvalue weighted by atomic mass is 16.5. The first-order valence-electron chi connectivity index (χ1n) is 7.56. The normalized spacial score (nSPS) is 16.0. The van der Waals surface area contributed by atoms with E-state index in [1.54, 1.807) is 0 Å². The Morgan fingerprint density at radius 3 is 2.37 bits per heavy atom. The summed E-state index contributed by atoms with van der Waals surface area (Å²) in [6.45, 7) is 7.40. The third-order valence-corrected chi connectivity index (χ3v) is 3.65. The van der Waals surface area contributed by atoms with E-state index in [1.807, 2.05) is 7.05 Å². The van der Waals surface area contributed by atoms with Crippen LogP contribution in [0.5, 0.6) is 0 Å². The predicted octanol–water partition coefficient (Wildman–Crippen LogP) is 4.18. The number of hydrogen-bond acceptors (Lipinski definition) is 2. The second-order valence-electron chi connectivity index (χ2n) is 5.31. The highest BCUT2D eigenvalue weighted by molar-refractivity contribution is 5.19. The van der Waals surface area contributed by atoms with E-state index in [4.69, 9.17) is 4.74 Å². The van der Waals surface area contributed by atoms with Crippen molar-refractivity contribution in [1.29, 1.82) is 0 Å². The topological polar surface area (TPSA) is 21.3 Å². The predicted molar refractivity (Wildman–Crippen MR) is 82.3 cm³/mol. The summed E-state index contributed by atoms with van der Waals surface area (Å²) >= 11 is 0. The summed E-state index contributed by atoms with van der Waals surface area (Å²) in [5, 5.41) is 3.45. The SMILES string of the molecule is CCCC(C)CC(NC)C(OCC)c1ccccc1. The zero-order chi connectivity index (χ0) is 14.1. The zero-order valence-electron chi connectivity index (χ0n) is 12.9. The van der Waals surface area contributed by atoms with Crippen molar-refractivity contribution in [3.8, 4) is 0 Å². The van der Waals surface area contributed by atoms with Gasteiger partial charge < -0.3 is 10.1 Å². The Morgan fingerprint density at radius 2 is 1.84 bits per heavy atom. The van der Waals surface area contributed by atoms with Crippen molar-refractivity contribution in [2.75, 3.05) is 13.7 Å². The third kappa shape index (κ3) is 5.33. The Hall–Kier alpha value is -0.860. The van der Waals surface area contributed by atoms with Crippen molar-refractivity contribution >= 4 is 0 Å². The fourth-order valence-corrected chi connectivity index (χ4v) is 2.70. The van der Waals surface area contributed by atoms with E-state index in [9.17, 15) is 0 Å². The van der Waals surface area contributed by atoms with Crippen LogP contribution in [0.25, 0.3) is 0 Å². The van der Waals surface area contributed by atoms with Gasteiger partial charge in [-0.3, -0.25) is 0 Å². The molecule has 2 nitrogen and oxygen atoms in total. The summed E-state index contributed by atoms with van der Waals surface area (Å²) in [6, 6.07) is 10.9. The monoisotopic (exact) mass is 263 g/mol. The number of ether oxygens (including phenoxy) is 1. The molecule has 3 unspecified atom stereocenters. The number of hydrogen-bond donors (Lipinski definition) is 1. The van der Waals surface area contributed by atoms with E-state index in [1.165, 1.54) is 18.4 Å². The first-order chi connectivity index (χ1) is 9.22. The fourth-order valence-electron chi connectivity index (χ4n) is 2.70. The highest BCUT2D eigenvalue weighted by Gasteiger charge is 2.23. The Balaban J connectivity index is 2.77. The first-order valence-corrected chi connectivity index (χ1v) is 7.56. The van der Waals surface area contributed by atoms with Crippen molar-refractivity contribution in [2.45, 2.75) is 52.2 Å². The second-order valence-corrected chi connectivity index (χ2v) is 5.31. The van der Waals surface area contributed by atoms with Crippen molar-refractivity contribution in [3.05, 3.63) is 35.9 Å². The molecule has 3 atom stereocenters. The molecule has 0 aliphatic rings. The van der Waals surface area contributed by atoms with Gasteiger partial charge in [0, 0.05) is 12.6 Å². The molecule has 1 rings (SSSR count). The summed E-state index contributed by atoms with van der Waals surface area (Å²) in [5.41, 5.74) is 1.27. The molecule has 1 aromatic carbocycles. The third-order valence-electron chi connectivity index (χ3n) is 3.65. The maximum absolute atomic E-state index is 6.00. The van der Waals surface area contributed by atoms with Gasteiger partial charge in [-0.25, -0.2) is 0 Å². The van der Waals surface area contributed by atoms with E-state index in [-0.39, 0.29) is 6.10 Å². The van der Waals surface area contributed by atoms with Crippen LogP contribution >= 0.6 is 0 Å². The lowest BCUT2D eigenvalue weighted by Crippen LogP contribution is -2.35. The molecule has 19 heavy (non-hydrogen) atoms. The van der Waals surface area contributed by atoms with Crippen LogP contribution in [-0.2, 0) is 4.74 Å². The molecule has 108 valence electrons. The first kappa shape index (κ1) is 16.2. The smallest absolute Gasteiger partial charge is 0.0977 e. The largest absolute Gasteiger partial charge is 0.372 e. The molecule has 0 heterocycles. The van der Waals surface area contributed by atoms with Gasteiger partial charge in [0.15, 0.2) is 0 Å². The van der Waals surface area contributed by atoms with Crippen LogP contribution in [0.3, 0.4) is 0 Å². The highest BCUT2D eigenvalue weighted by Crippen LogP contribution is 2.26. The minimum atomic E-state index is 0.149. The molecule has 0 amide bonds. The lowest BCUT2D eigenvalue weighted by atomic mass is 9.91. The molecule has 0 aromatic heterocycles. The van der Waals surface area contributed by atoms with Crippen LogP contribution in [0.2, 0.25) is 0 Å². The fraction of sp³-hybridized carbons (Fsp3) is 0.647. The number of benzene rings is 1. The van der Waals surface area contributed by atoms with Gasteiger partial charge in [-0.2, -0.15) is 0 Å². The van der Waals surface area contributed by atoms with Crippen molar-refractivity contribution in [2.24, 2.45) is 5.92 Å². The molecule has 0 fully saturated rings. The van der Waals surface area contributed by atoms with Gasteiger partial charge in [0.25, 0.3) is 0 Å². The van der Waals surface area contributed by atoms with Gasteiger partial charge in [-0.1, -0.05) is 57.0 Å². The Labute approximate surface area is 118 Å². The minimum absolute atomic E-state index is 0.149. The molecule has 0 aliphatic heterocycles. The van der Waals surface area contributed by atoms with Crippen LogP contribution in [-0.4, -0.2) is 19.7 Å². The Bertz CT molecular complexity index is 325. The number of rotatable bonds is 9. The van der Waals surface area contributed by atoms with Crippen LogP contribution in [0, 0.1) is 5.92 Å². The summed E-state index contributed by atoms with van der Waals surface area (Å²) in [7, 11) is 2.04. The lowest BCUT2D eigenvalue weighted by molar-refractivity contribution is 0.0287. The standard InChI is InChI=1S/C17H29NO/c1-5-10-14(3)13-16(18-4)17(19-6-2)15-11-8-7-9-12-15/h7-9,11-12,14,16-18H,5-6,10,13H2,1-4H3. The van der Waals surface area contributed by atoms with E-state index in [0.717, 1.165) is 18.9 Å². The zero-order valence-corrected chi connectivity index (χ0v) is 12.9. The number of likely N-dealkylation sites (N-methyl/N-ethyl adjacent to an activating group) is 1. The molecule has 0 saturated heterocycles. The van der Waals surface area contributed by atoms with Crippen molar-refractivity contribution < 1.29 is 4.74 Å². The van der Waals surface area contributed by atoms with Crippen molar-refractivity contribution in [1.82, 2.24) is 5.32 Å². The molecule has 1 aromatic rings. The molecule has 0 radical (unpaired) electrons. The van der Waals surface area contributed by atoms with Gasteiger partial charge in [0.1, 0.15) is 0 Å². The maximum atomic E-state index is 6.00. The molecular weight excluding hydrogens is 234 g/mol. The number of nitrogens with one attached hydrogen (secondary N) is 1. The molecule has 0 saturated carbocycles. The maximum Gasteiger partial charge on any atom is 0.0977 e. The lowest BCUT2D eigenvalue weighted by Gasteiger charge is -2.29. The summed E-state index contributed by atoms with van der Waals surface area (Å²) < 4.78 is 6.00.